The van der Waals surface area contributed by atoms with Crippen molar-refractivity contribution in [3.63, 3.8) is 0 Å². The zero-order chi connectivity index (χ0) is 14.5. The number of hydrogen-bond donors (Lipinski definition) is 2. The molecule has 0 fully saturated rings. The van der Waals surface area contributed by atoms with E-state index in [2.05, 4.69) is 16.8 Å². The number of aromatic nitrogens is 1. The van der Waals surface area contributed by atoms with Crippen LogP contribution in [0, 0.1) is 6.92 Å². The molecule has 0 aliphatic heterocycles. The predicted octanol–water partition coefficient (Wildman–Crippen LogP) is 2.70. The zero-order valence-electron chi connectivity index (χ0n) is 12.0. The molecule has 1 aromatic carbocycles. The number of anilines is 1. The van der Waals surface area contributed by atoms with Gasteiger partial charge in [-0.1, -0.05) is 19.1 Å². The van der Waals surface area contributed by atoms with E-state index in [0.717, 1.165) is 36.6 Å². The highest BCUT2D eigenvalue weighted by molar-refractivity contribution is 5.53. The molecule has 0 saturated carbocycles. The molecule has 4 nitrogen and oxygen atoms in total. The normalized spacial score (nSPS) is 10.9. The summed E-state index contributed by atoms with van der Waals surface area (Å²) in [6, 6.07) is 11.4. The van der Waals surface area contributed by atoms with Gasteiger partial charge in [0.15, 0.2) is 0 Å². The number of phenolic OH excluding ortho intramolecular Hbond substituents is 1. The van der Waals surface area contributed by atoms with E-state index < -0.39 is 0 Å². The van der Waals surface area contributed by atoms with Crippen LogP contribution in [0.15, 0.2) is 36.4 Å². The third-order valence-corrected chi connectivity index (χ3v) is 3.28. The third kappa shape index (κ3) is 3.71. The van der Waals surface area contributed by atoms with Crippen molar-refractivity contribution in [1.82, 2.24) is 9.88 Å². The molecule has 0 spiro atoms. The molecule has 0 bridgehead atoms. The Morgan fingerprint density at radius 1 is 1.20 bits per heavy atom. The number of rotatable bonds is 5. The summed E-state index contributed by atoms with van der Waals surface area (Å²) >= 11 is 0. The van der Waals surface area contributed by atoms with Gasteiger partial charge in [0.1, 0.15) is 5.75 Å². The van der Waals surface area contributed by atoms with Crippen molar-refractivity contribution in [1.29, 1.82) is 0 Å². The van der Waals surface area contributed by atoms with Gasteiger partial charge in [-0.05, 0) is 43.3 Å². The number of aromatic hydroxyl groups is 1. The number of pyridine rings is 1. The number of hydrogen-bond acceptors (Lipinski definition) is 4. The second-order valence-electron chi connectivity index (χ2n) is 4.97. The fourth-order valence-electron chi connectivity index (χ4n) is 2.16. The van der Waals surface area contributed by atoms with Crippen molar-refractivity contribution >= 4 is 5.69 Å². The van der Waals surface area contributed by atoms with Gasteiger partial charge < -0.3 is 10.8 Å². The van der Waals surface area contributed by atoms with Crippen LogP contribution in [-0.4, -0.2) is 21.5 Å². The van der Waals surface area contributed by atoms with Gasteiger partial charge in [0.25, 0.3) is 0 Å². The standard InChI is InChI=1S/C16H21N3O/c1-3-19(11-14-6-4-5-12(2)18-14)10-13-7-8-16(20)15(17)9-13/h4-9,20H,3,10-11,17H2,1-2H3. The van der Waals surface area contributed by atoms with Crippen LogP contribution in [0.1, 0.15) is 23.9 Å². The van der Waals surface area contributed by atoms with Gasteiger partial charge in [0, 0.05) is 18.8 Å². The maximum atomic E-state index is 9.45. The van der Waals surface area contributed by atoms with Gasteiger partial charge in [-0.15, -0.1) is 0 Å². The number of aryl methyl sites for hydroxylation is 1. The summed E-state index contributed by atoms with van der Waals surface area (Å²) in [7, 11) is 0. The van der Waals surface area contributed by atoms with E-state index in [1.807, 2.05) is 37.3 Å². The van der Waals surface area contributed by atoms with Gasteiger partial charge >= 0.3 is 0 Å². The Morgan fingerprint density at radius 2 is 2.00 bits per heavy atom. The molecule has 0 atom stereocenters. The third-order valence-electron chi connectivity index (χ3n) is 3.28. The lowest BCUT2D eigenvalue weighted by atomic mass is 10.1. The average Bonchev–Trinajstić information content (AvgIpc) is 2.42. The summed E-state index contributed by atoms with van der Waals surface area (Å²) in [6.07, 6.45) is 0. The van der Waals surface area contributed by atoms with E-state index in [9.17, 15) is 5.11 Å². The Morgan fingerprint density at radius 3 is 2.65 bits per heavy atom. The minimum absolute atomic E-state index is 0.136. The first-order valence-corrected chi connectivity index (χ1v) is 6.80. The first-order valence-electron chi connectivity index (χ1n) is 6.80. The highest BCUT2D eigenvalue weighted by Crippen LogP contribution is 2.21. The maximum Gasteiger partial charge on any atom is 0.138 e. The quantitative estimate of drug-likeness (QED) is 0.648. The molecule has 0 saturated heterocycles. The average molecular weight is 271 g/mol. The molecule has 0 aliphatic carbocycles. The molecule has 1 heterocycles. The smallest absolute Gasteiger partial charge is 0.138 e. The van der Waals surface area contributed by atoms with Gasteiger partial charge in [-0.2, -0.15) is 0 Å². The van der Waals surface area contributed by atoms with E-state index in [-0.39, 0.29) is 5.75 Å². The van der Waals surface area contributed by atoms with Crippen LogP contribution in [0.3, 0.4) is 0 Å². The summed E-state index contributed by atoms with van der Waals surface area (Å²) in [5.41, 5.74) is 9.35. The lowest BCUT2D eigenvalue weighted by Gasteiger charge is -2.20. The van der Waals surface area contributed by atoms with Crippen molar-refractivity contribution in [2.45, 2.75) is 26.9 Å². The summed E-state index contributed by atoms with van der Waals surface area (Å²) in [6.45, 7) is 6.64. The lowest BCUT2D eigenvalue weighted by molar-refractivity contribution is 0.268. The van der Waals surface area contributed by atoms with Gasteiger partial charge in [-0.3, -0.25) is 9.88 Å². The summed E-state index contributed by atoms with van der Waals surface area (Å²) in [5.74, 6) is 0.136. The molecule has 4 heteroatoms. The van der Waals surface area contributed by atoms with Crippen LogP contribution >= 0.6 is 0 Å². The van der Waals surface area contributed by atoms with Crippen LogP contribution < -0.4 is 5.73 Å². The number of nitrogen functional groups attached to an aromatic ring is 1. The predicted molar refractivity (Wildman–Crippen MR) is 81.3 cm³/mol. The second-order valence-corrected chi connectivity index (χ2v) is 4.97. The molecule has 0 amide bonds. The van der Waals surface area contributed by atoms with Crippen molar-refractivity contribution in [2.24, 2.45) is 0 Å². The highest BCUT2D eigenvalue weighted by Gasteiger charge is 2.07. The summed E-state index contributed by atoms with van der Waals surface area (Å²) in [4.78, 5) is 6.81. The van der Waals surface area contributed by atoms with E-state index in [0.29, 0.717) is 5.69 Å². The SMILES string of the molecule is CCN(Cc1ccc(O)c(N)c1)Cc1cccc(C)n1. The van der Waals surface area contributed by atoms with Crippen LogP contribution in [0.25, 0.3) is 0 Å². The molecule has 1 aromatic heterocycles. The zero-order valence-corrected chi connectivity index (χ0v) is 12.0. The van der Waals surface area contributed by atoms with Gasteiger partial charge in [0.05, 0.1) is 11.4 Å². The Hall–Kier alpha value is -2.07. The molecule has 106 valence electrons. The van der Waals surface area contributed by atoms with E-state index >= 15 is 0 Å². The fourth-order valence-corrected chi connectivity index (χ4v) is 2.16. The highest BCUT2D eigenvalue weighted by atomic mass is 16.3. The Labute approximate surface area is 119 Å². The summed E-state index contributed by atoms with van der Waals surface area (Å²) < 4.78 is 0. The van der Waals surface area contributed by atoms with Crippen molar-refractivity contribution in [2.75, 3.05) is 12.3 Å². The molecule has 0 radical (unpaired) electrons. The molecule has 3 N–H and O–H groups in total. The minimum Gasteiger partial charge on any atom is -0.506 e. The van der Waals surface area contributed by atoms with Crippen LogP contribution in [0.4, 0.5) is 5.69 Å². The Kier molecular flexibility index (Phi) is 4.58. The van der Waals surface area contributed by atoms with Gasteiger partial charge in [-0.25, -0.2) is 0 Å². The molecule has 20 heavy (non-hydrogen) atoms. The van der Waals surface area contributed by atoms with E-state index in [4.69, 9.17) is 5.73 Å². The molecular weight excluding hydrogens is 250 g/mol. The monoisotopic (exact) mass is 271 g/mol. The number of benzene rings is 1. The van der Waals surface area contributed by atoms with Crippen molar-refractivity contribution in [3.8, 4) is 5.75 Å². The van der Waals surface area contributed by atoms with Crippen molar-refractivity contribution in [3.05, 3.63) is 53.3 Å². The lowest BCUT2D eigenvalue weighted by Crippen LogP contribution is -2.23. The Bertz CT molecular complexity index is 584. The second kappa shape index (κ2) is 6.39. The van der Waals surface area contributed by atoms with Crippen LogP contribution in [0.5, 0.6) is 5.75 Å². The first kappa shape index (κ1) is 14.3. The molecule has 2 rings (SSSR count). The van der Waals surface area contributed by atoms with Gasteiger partial charge in [0.2, 0.25) is 0 Å². The Balaban J connectivity index is 2.07. The summed E-state index contributed by atoms with van der Waals surface area (Å²) in [5, 5.41) is 9.45. The first-order chi connectivity index (χ1) is 9.58. The maximum absolute atomic E-state index is 9.45. The topological polar surface area (TPSA) is 62.4 Å². The number of nitrogens with two attached hydrogens (primary N) is 1. The van der Waals surface area contributed by atoms with Crippen LogP contribution in [-0.2, 0) is 13.1 Å². The molecule has 0 aliphatic rings. The minimum atomic E-state index is 0.136. The van der Waals surface area contributed by atoms with Crippen molar-refractivity contribution < 1.29 is 5.11 Å². The van der Waals surface area contributed by atoms with E-state index in [1.54, 1.807) is 6.07 Å². The fraction of sp³-hybridized carbons (Fsp3) is 0.312. The van der Waals surface area contributed by atoms with E-state index in [1.165, 1.54) is 0 Å². The number of phenols is 1. The molecule has 0 unspecified atom stereocenters. The van der Waals surface area contributed by atoms with Crippen LogP contribution in [0.2, 0.25) is 0 Å². The largest absolute Gasteiger partial charge is 0.506 e. The number of nitrogens with zero attached hydrogens (tertiary/aromatic N) is 2. The molecule has 2 aromatic rings. The molecular formula is C16H21N3O.